The number of hydrogen-bond acceptors (Lipinski definition) is 6. The van der Waals surface area contributed by atoms with Gasteiger partial charge < -0.3 is 15.3 Å². The van der Waals surface area contributed by atoms with E-state index in [0.717, 1.165) is 0 Å². The van der Waals surface area contributed by atoms with Crippen LogP contribution in [0.1, 0.15) is 20.3 Å². The lowest BCUT2D eigenvalue weighted by molar-refractivity contribution is -0.178. The number of nitrogens with one attached hydrogen (secondary N) is 1. The van der Waals surface area contributed by atoms with Crippen molar-refractivity contribution in [2.45, 2.75) is 38.6 Å². The Kier molecular flexibility index (Phi) is 5.69. The smallest absolute Gasteiger partial charge is 0.383 e. The van der Waals surface area contributed by atoms with Gasteiger partial charge in [0.05, 0.1) is 11.6 Å². The fourth-order valence-electron chi connectivity index (χ4n) is 3.35. The molecule has 2 aromatic rings. The van der Waals surface area contributed by atoms with Gasteiger partial charge in [-0.1, -0.05) is 13.8 Å². The van der Waals surface area contributed by atoms with Crippen molar-refractivity contribution in [3.63, 3.8) is 0 Å². The second kappa shape index (κ2) is 7.86. The minimum atomic E-state index is -4.41. The van der Waals surface area contributed by atoms with Crippen molar-refractivity contribution < 1.29 is 23.1 Å². The predicted octanol–water partition coefficient (Wildman–Crippen LogP) is 1.92. The first-order valence-corrected chi connectivity index (χ1v) is 9.02. The number of rotatable bonds is 4. The van der Waals surface area contributed by atoms with Crippen LogP contribution in [0, 0.1) is 11.8 Å². The van der Waals surface area contributed by atoms with Crippen molar-refractivity contribution in [2.24, 2.45) is 11.8 Å². The van der Waals surface area contributed by atoms with Crippen molar-refractivity contribution in [3.05, 3.63) is 24.7 Å². The first kappa shape index (κ1) is 20.2. The molecule has 0 saturated carbocycles. The van der Waals surface area contributed by atoms with Crippen LogP contribution in [-0.2, 0) is 4.79 Å². The maximum absolute atomic E-state index is 13.5. The lowest BCUT2D eigenvalue weighted by Gasteiger charge is -2.40. The van der Waals surface area contributed by atoms with Crippen molar-refractivity contribution in [1.29, 1.82) is 0 Å². The van der Waals surface area contributed by atoms with E-state index in [-0.39, 0.29) is 25.4 Å². The minimum Gasteiger partial charge on any atom is -0.383 e. The number of piperidine rings is 1. The van der Waals surface area contributed by atoms with Gasteiger partial charge >= 0.3 is 6.18 Å². The lowest BCUT2D eigenvalue weighted by Crippen LogP contribution is -2.55. The third kappa shape index (κ3) is 4.32. The molecule has 1 aliphatic heterocycles. The summed E-state index contributed by atoms with van der Waals surface area (Å²) in [5, 5.41) is 12.5. The molecule has 10 heteroatoms. The molecule has 3 rings (SSSR count). The quantitative estimate of drug-likeness (QED) is 0.819. The molecule has 152 valence electrons. The van der Waals surface area contributed by atoms with E-state index in [1.54, 1.807) is 24.8 Å². The molecule has 2 aromatic heterocycles. The van der Waals surface area contributed by atoms with E-state index in [9.17, 15) is 23.1 Å². The number of anilines is 1. The number of pyridine rings is 1. The Bertz CT molecular complexity index is 840. The zero-order chi connectivity index (χ0) is 20.5. The average molecular weight is 397 g/mol. The Morgan fingerprint density at radius 3 is 2.57 bits per heavy atom. The van der Waals surface area contributed by atoms with Crippen LogP contribution < -0.4 is 10.2 Å². The number of aliphatic hydroxyl groups excluding tert-OH is 1. The van der Waals surface area contributed by atoms with Crippen LogP contribution in [0.25, 0.3) is 11.2 Å². The standard InChI is InChI=1S/C18H22F3N5O2/c1-10(2)15(27)17(28)25-12-7-11(18(19,20)21)8-26(9-12)13-3-4-23-16-14(13)22-5-6-24-16/h3-6,10-12,15,27H,7-9H2,1-2H3,(H,25,28)/t11-,12+,15?/m0/s1. The highest BCUT2D eigenvalue weighted by Gasteiger charge is 2.45. The van der Waals surface area contributed by atoms with Gasteiger partial charge in [-0.3, -0.25) is 4.79 Å². The number of halogens is 3. The summed E-state index contributed by atoms with van der Waals surface area (Å²) in [4.78, 5) is 26.1. The van der Waals surface area contributed by atoms with Gasteiger partial charge in [0, 0.05) is 37.7 Å². The number of aromatic nitrogens is 3. The highest BCUT2D eigenvalue weighted by atomic mass is 19.4. The number of amides is 1. The molecule has 0 bridgehead atoms. The maximum atomic E-state index is 13.5. The molecule has 0 aliphatic carbocycles. The molecule has 28 heavy (non-hydrogen) atoms. The van der Waals surface area contributed by atoms with Crippen molar-refractivity contribution >= 4 is 22.8 Å². The minimum absolute atomic E-state index is 0.165. The number of hydrogen-bond donors (Lipinski definition) is 2. The number of fused-ring (bicyclic) bond motifs is 1. The molecule has 1 amide bonds. The molecular weight excluding hydrogens is 375 g/mol. The molecular formula is C18H22F3N5O2. The Hall–Kier alpha value is -2.49. The molecule has 0 spiro atoms. The third-order valence-corrected chi connectivity index (χ3v) is 4.85. The van der Waals surface area contributed by atoms with Crippen LogP contribution in [0.2, 0.25) is 0 Å². The Balaban J connectivity index is 1.89. The number of nitrogens with zero attached hydrogens (tertiary/aromatic N) is 4. The Labute approximate surface area is 160 Å². The van der Waals surface area contributed by atoms with Gasteiger partial charge in [0.2, 0.25) is 5.91 Å². The number of aliphatic hydroxyl groups is 1. The molecule has 2 N–H and O–H groups in total. The summed E-state index contributed by atoms with van der Waals surface area (Å²) in [7, 11) is 0. The molecule has 1 aliphatic rings. The van der Waals surface area contributed by atoms with Gasteiger partial charge in [-0.05, 0) is 18.4 Å². The summed E-state index contributed by atoms with van der Waals surface area (Å²) in [6.07, 6.45) is -1.54. The van der Waals surface area contributed by atoms with E-state index in [2.05, 4.69) is 20.3 Å². The fourth-order valence-corrected chi connectivity index (χ4v) is 3.35. The zero-order valence-electron chi connectivity index (χ0n) is 15.5. The highest BCUT2D eigenvalue weighted by Crippen LogP contribution is 2.36. The van der Waals surface area contributed by atoms with Crippen molar-refractivity contribution in [3.8, 4) is 0 Å². The van der Waals surface area contributed by atoms with Gasteiger partial charge in [-0.25, -0.2) is 15.0 Å². The summed E-state index contributed by atoms with van der Waals surface area (Å²) in [5.74, 6) is -2.62. The highest BCUT2D eigenvalue weighted by molar-refractivity contribution is 5.85. The Morgan fingerprint density at radius 2 is 1.89 bits per heavy atom. The molecule has 7 nitrogen and oxygen atoms in total. The summed E-state index contributed by atoms with van der Waals surface area (Å²) in [6.45, 7) is 3.24. The van der Waals surface area contributed by atoms with Crippen LogP contribution in [0.5, 0.6) is 0 Å². The van der Waals surface area contributed by atoms with E-state index < -0.39 is 30.1 Å². The predicted molar refractivity (Wildman–Crippen MR) is 96.5 cm³/mol. The van der Waals surface area contributed by atoms with E-state index >= 15 is 0 Å². The van der Waals surface area contributed by atoms with Crippen molar-refractivity contribution in [1.82, 2.24) is 20.3 Å². The van der Waals surface area contributed by atoms with Crippen molar-refractivity contribution in [2.75, 3.05) is 18.0 Å². The normalized spacial score (nSPS) is 21.8. The van der Waals surface area contributed by atoms with Gasteiger partial charge in [0.25, 0.3) is 0 Å². The van der Waals surface area contributed by atoms with Gasteiger partial charge in [0.15, 0.2) is 5.65 Å². The molecule has 0 aromatic carbocycles. The topological polar surface area (TPSA) is 91.2 Å². The monoisotopic (exact) mass is 397 g/mol. The van der Waals surface area contributed by atoms with Gasteiger partial charge in [-0.2, -0.15) is 13.2 Å². The Morgan fingerprint density at radius 1 is 1.21 bits per heavy atom. The van der Waals surface area contributed by atoms with Crippen LogP contribution in [0.4, 0.5) is 18.9 Å². The first-order chi connectivity index (χ1) is 13.2. The van der Waals surface area contributed by atoms with Gasteiger partial charge in [0.1, 0.15) is 11.6 Å². The molecule has 3 heterocycles. The SMILES string of the molecule is CC(C)C(O)C(=O)N[C@@H]1C[C@H](C(F)(F)F)CN(c2ccnc3nccnc23)C1. The second-order valence-corrected chi connectivity index (χ2v) is 7.33. The fraction of sp³-hybridized carbons (Fsp3) is 0.556. The van der Waals surface area contributed by atoms with Crippen LogP contribution in [0.15, 0.2) is 24.7 Å². The molecule has 1 unspecified atom stereocenters. The molecule has 3 atom stereocenters. The summed E-state index contributed by atoms with van der Waals surface area (Å²) >= 11 is 0. The zero-order valence-corrected chi connectivity index (χ0v) is 15.5. The first-order valence-electron chi connectivity index (χ1n) is 9.02. The van der Waals surface area contributed by atoms with E-state index in [1.165, 1.54) is 18.6 Å². The van der Waals surface area contributed by atoms with E-state index in [0.29, 0.717) is 16.9 Å². The summed E-state index contributed by atoms with van der Waals surface area (Å²) in [6, 6.07) is 0.832. The van der Waals surface area contributed by atoms with E-state index in [1.807, 2.05) is 0 Å². The summed E-state index contributed by atoms with van der Waals surface area (Å²) in [5.41, 5.74) is 1.22. The van der Waals surface area contributed by atoms with Crippen LogP contribution >= 0.6 is 0 Å². The van der Waals surface area contributed by atoms with E-state index in [4.69, 9.17) is 0 Å². The van der Waals surface area contributed by atoms with Crippen LogP contribution in [-0.4, -0.2) is 57.4 Å². The third-order valence-electron chi connectivity index (χ3n) is 4.85. The van der Waals surface area contributed by atoms with Crippen LogP contribution in [0.3, 0.4) is 0 Å². The number of carbonyl (C=O) groups excluding carboxylic acids is 1. The molecule has 1 fully saturated rings. The lowest BCUT2D eigenvalue weighted by atomic mass is 9.92. The second-order valence-electron chi connectivity index (χ2n) is 7.33. The maximum Gasteiger partial charge on any atom is 0.393 e. The number of alkyl halides is 3. The molecule has 0 radical (unpaired) electrons. The number of carbonyl (C=O) groups is 1. The summed E-state index contributed by atoms with van der Waals surface area (Å²) < 4.78 is 40.5. The molecule has 1 saturated heterocycles. The average Bonchev–Trinajstić information content (AvgIpc) is 2.65. The van der Waals surface area contributed by atoms with Gasteiger partial charge in [-0.15, -0.1) is 0 Å². The largest absolute Gasteiger partial charge is 0.393 e.